The number of esters is 3. The van der Waals surface area contributed by atoms with Crippen molar-refractivity contribution in [3.63, 3.8) is 0 Å². The monoisotopic (exact) mass is 1480 g/mol. The number of ether oxygens (including phenoxy) is 6. The van der Waals surface area contributed by atoms with Crippen molar-refractivity contribution in [1.29, 1.82) is 0 Å². The number of aromatic hydroxyl groups is 1. The normalized spacial score (nSPS) is 22.6. The zero-order valence-corrected chi connectivity index (χ0v) is 63.8. The number of carbonyl (C=O) groups is 3. The van der Waals surface area contributed by atoms with E-state index < -0.39 is 98.1 Å². The van der Waals surface area contributed by atoms with E-state index in [9.17, 15) is 45.4 Å². The van der Waals surface area contributed by atoms with Gasteiger partial charge in [0.15, 0.2) is 14.2 Å². The van der Waals surface area contributed by atoms with Gasteiger partial charge in [-0.2, -0.15) is 0 Å². The first-order valence-corrected chi connectivity index (χ1v) is 39.4. The average Bonchev–Trinajstić information content (AvgIpc) is 1.55. The van der Waals surface area contributed by atoms with E-state index in [1.807, 2.05) is 65.8 Å². The van der Waals surface area contributed by atoms with Crippen LogP contribution >= 0.6 is 26.7 Å². The van der Waals surface area contributed by atoms with Gasteiger partial charge in [0.05, 0.1) is 17.4 Å². The predicted molar refractivity (Wildman–Crippen MR) is 376 cm³/mol. The standard InChI is InChI=1S/C26H41BN2O7S.C20H29BrN2O5S.C20H32N2O6S.C2H6/c1-23(2,3)34-22(30)26(12-16-33-17-13-26)37(31,32)29-14-10-19(11-15-29)21-9-8-20(18-28-21)27-35-24(4,5)25(6,7)36-27;1-19(2,3)28-18(24)20(8-12-27-13-9-20)29(25,26)23-10-6-15(7-11-23)17-5-4-16(21)14-22-17;1-19(2,3)28-18(24)20(8-12-27-13-9-20)29(25,26)22-10-6-15(7-11-22)17-5-4-16(23)14-21-17;1-2/h8-9,18-19H,10-17H2,1-7H3;4-5,14-15H,6-13H2,1-3H3;4-5,14-15,23,25-26H,6-13H2,1-3H3;1-2H3. The molecule has 3 N–H and O–H groups in total. The van der Waals surface area contributed by atoms with Crippen LogP contribution in [0.2, 0.25) is 0 Å². The van der Waals surface area contributed by atoms with Gasteiger partial charge < -0.3 is 42.8 Å². The SMILES string of the molecule is CC.CC(C)(C)OC(=O)C1(S(=O)(=O)N2CCC(c3ccc(B4OC(C)(C)C(C)(C)O4)cn3)CC2)CCOCC1.CC(C)(C)OC(=O)C1(S(=O)(=O)N2CCC(c3ccc(Br)cn3)CC2)CCOCC1.CC(C)(C)OC(=O)C1(S(O)(O)N2CCC(c3ccc(O)cn3)CC2)CCOCC1. The Hall–Kier alpha value is -3.95. The lowest BCUT2D eigenvalue weighted by Crippen LogP contribution is -2.58. The van der Waals surface area contributed by atoms with Gasteiger partial charge >= 0.3 is 25.0 Å². The molecule has 546 valence electrons. The fraction of sp³-hybridized carbons (Fsp3) is 0.735. The van der Waals surface area contributed by atoms with Crippen molar-refractivity contribution in [2.24, 2.45) is 0 Å². The Morgan fingerprint density at radius 3 is 1.11 bits per heavy atom. The lowest BCUT2D eigenvalue weighted by molar-refractivity contribution is -0.162. The van der Waals surface area contributed by atoms with Gasteiger partial charge in [-0.05, 0) is 175 Å². The maximum Gasteiger partial charge on any atom is 0.496 e. The van der Waals surface area contributed by atoms with Crippen LogP contribution in [0.1, 0.15) is 216 Å². The van der Waals surface area contributed by atoms with Gasteiger partial charge in [-0.3, -0.25) is 33.6 Å². The van der Waals surface area contributed by atoms with Crippen LogP contribution in [-0.4, -0.2) is 205 Å². The number of halogens is 1. The first-order chi connectivity index (χ1) is 45.2. The van der Waals surface area contributed by atoms with Crippen molar-refractivity contribution in [2.45, 2.75) is 241 Å². The van der Waals surface area contributed by atoms with Crippen molar-refractivity contribution >= 4 is 77.2 Å². The number of rotatable bonds is 13. The van der Waals surface area contributed by atoms with Gasteiger partial charge in [-0.25, -0.2) is 34.5 Å². The van der Waals surface area contributed by atoms with E-state index in [1.54, 1.807) is 91.1 Å². The van der Waals surface area contributed by atoms with Crippen molar-refractivity contribution < 1.29 is 83.2 Å². The molecular formula is C68H108BBrN6O18S3. The summed E-state index contributed by atoms with van der Waals surface area (Å²) in [7, 11) is -11.7. The number of aromatic nitrogens is 3. The van der Waals surface area contributed by atoms with Crippen LogP contribution in [0, 0.1) is 0 Å². The number of nitrogens with zero attached hydrogens (tertiary/aromatic N) is 6. The molecular weight excluding hydrogens is 1380 g/mol. The first-order valence-electron chi connectivity index (χ1n) is 34.2. The molecule has 10 rings (SSSR count). The Labute approximate surface area is 586 Å². The zero-order chi connectivity index (χ0) is 71.9. The van der Waals surface area contributed by atoms with Crippen molar-refractivity contribution in [1.82, 2.24) is 27.9 Å². The highest BCUT2D eigenvalue weighted by atomic mass is 79.9. The molecule has 0 saturated carbocycles. The Kier molecular flexibility index (Phi) is 26.6. The summed E-state index contributed by atoms with van der Waals surface area (Å²) in [6.07, 6.45) is 9.87. The molecule has 0 aliphatic carbocycles. The molecule has 0 amide bonds. The minimum Gasteiger partial charge on any atom is -0.506 e. The summed E-state index contributed by atoms with van der Waals surface area (Å²) in [6.45, 7) is 31.7. The van der Waals surface area contributed by atoms with Crippen LogP contribution in [-0.2, 0) is 72.2 Å². The van der Waals surface area contributed by atoms with E-state index in [-0.39, 0.29) is 88.5 Å². The number of hydrogen-bond donors (Lipinski definition) is 3. The minimum atomic E-state index is -3.94. The molecule has 0 atom stereocenters. The van der Waals surface area contributed by atoms with E-state index in [4.69, 9.17) is 37.7 Å². The maximum atomic E-state index is 13.9. The van der Waals surface area contributed by atoms with Gasteiger partial charge in [-0.15, -0.1) is 10.8 Å². The third-order valence-corrected chi connectivity index (χ3v) is 27.6. The third kappa shape index (κ3) is 18.8. The van der Waals surface area contributed by atoms with Crippen LogP contribution in [0.4, 0.5) is 0 Å². The lowest BCUT2D eigenvalue weighted by atomic mass is 9.80. The number of piperidine rings is 3. The second kappa shape index (κ2) is 32.2. The Morgan fingerprint density at radius 2 is 0.804 bits per heavy atom. The summed E-state index contributed by atoms with van der Waals surface area (Å²) >= 11 is 3.39. The first kappa shape index (κ1) is 80.4. The van der Waals surface area contributed by atoms with E-state index in [0.29, 0.717) is 91.0 Å². The number of pyridine rings is 3. The molecule has 3 aromatic rings. The second-order valence-corrected chi connectivity index (χ2v) is 37.6. The third-order valence-electron chi connectivity index (χ3n) is 19.2. The van der Waals surface area contributed by atoms with E-state index >= 15 is 0 Å². The molecule has 7 aliphatic rings. The van der Waals surface area contributed by atoms with E-state index in [1.165, 1.54) is 14.8 Å². The highest BCUT2D eigenvalue weighted by Gasteiger charge is 2.60. The van der Waals surface area contributed by atoms with E-state index in [2.05, 4.69) is 30.9 Å². The van der Waals surface area contributed by atoms with Crippen molar-refractivity contribution in [3.05, 3.63) is 76.5 Å². The Bertz CT molecular complexity index is 3290. The summed E-state index contributed by atoms with van der Waals surface area (Å²) in [5.74, 6) is -1.26. The fourth-order valence-corrected chi connectivity index (χ4v) is 19.6. The van der Waals surface area contributed by atoms with Gasteiger partial charge in [0.1, 0.15) is 22.6 Å². The molecule has 0 unspecified atom stereocenters. The highest BCUT2D eigenvalue weighted by Crippen LogP contribution is 2.61. The van der Waals surface area contributed by atoms with Gasteiger partial charge in [-0.1, -0.05) is 19.9 Å². The molecule has 3 aromatic heterocycles. The van der Waals surface area contributed by atoms with Crippen LogP contribution in [0.25, 0.3) is 0 Å². The average molecular weight is 1480 g/mol. The molecule has 0 spiro atoms. The Balaban J connectivity index is 0.000000205. The summed E-state index contributed by atoms with van der Waals surface area (Å²) in [6, 6.07) is 11.3. The molecule has 7 saturated heterocycles. The van der Waals surface area contributed by atoms with Gasteiger partial charge in [0.2, 0.25) is 20.0 Å². The molecule has 97 heavy (non-hydrogen) atoms. The largest absolute Gasteiger partial charge is 0.506 e. The van der Waals surface area contributed by atoms with Gasteiger partial charge in [0, 0.05) is 175 Å². The second-order valence-electron chi connectivity index (χ2n) is 29.9. The summed E-state index contributed by atoms with van der Waals surface area (Å²) in [5, 5.41) is 9.42. The fourth-order valence-electron chi connectivity index (χ4n) is 12.9. The van der Waals surface area contributed by atoms with Crippen LogP contribution in [0.15, 0.2) is 59.5 Å². The predicted octanol–water partition coefficient (Wildman–Crippen LogP) is 10.6. The molecule has 29 heteroatoms. The topological polar surface area (TPSA) is 302 Å². The van der Waals surface area contributed by atoms with E-state index in [0.717, 1.165) is 27.0 Å². The minimum absolute atomic E-state index is 0.103. The van der Waals surface area contributed by atoms with Crippen molar-refractivity contribution in [3.8, 4) is 5.75 Å². The molecule has 7 fully saturated rings. The molecule has 24 nitrogen and oxygen atoms in total. The highest BCUT2D eigenvalue weighted by molar-refractivity contribution is 9.10. The van der Waals surface area contributed by atoms with Crippen LogP contribution in [0.5, 0.6) is 5.75 Å². The lowest BCUT2D eigenvalue weighted by Gasteiger charge is -2.56. The summed E-state index contributed by atoms with van der Waals surface area (Å²) in [4.78, 5) is 52.8. The molecule has 0 aromatic carbocycles. The molecule has 0 radical (unpaired) electrons. The molecule has 0 bridgehead atoms. The Morgan fingerprint density at radius 1 is 0.495 bits per heavy atom. The molecule has 10 heterocycles. The summed E-state index contributed by atoms with van der Waals surface area (Å²) < 4.78 is 124. The summed E-state index contributed by atoms with van der Waals surface area (Å²) in [5.41, 5.74) is 0.554. The number of sulfonamides is 2. The molecule has 7 aliphatic heterocycles. The van der Waals surface area contributed by atoms with Crippen LogP contribution < -0.4 is 5.46 Å². The van der Waals surface area contributed by atoms with Crippen molar-refractivity contribution in [2.75, 3.05) is 78.9 Å². The van der Waals surface area contributed by atoms with Crippen LogP contribution in [0.3, 0.4) is 0 Å². The number of carbonyl (C=O) groups excluding carboxylic acids is 3. The smallest absolute Gasteiger partial charge is 0.496 e. The number of hydrogen-bond acceptors (Lipinski definition) is 22. The maximum absolute atomic E-state index is 13.9. The quantitative estimate of drug-likeness (QED) is 0.0813. The zero-order valence-electron chi connectivity index (χ0n) is 59.7. The van der Waals surface area contributed by atoms with Gasteiger partial charge in [0.25, 0.3) is 0 Å².